The van der Waals surface area contributed by atoms with Crippen molar-refractivity contribution >= 4 is 22.7 Å². The summed E-state index contributed by atoms with van der Waals surface area (Å²) in [4.78, 5) is 2.49. The highest BCUT2D eigenvalue weighted by atomic mass is 32.1. The average molecular weight is 272 g/mol. The van der Waals surface area contributed by atoms with Crippen molar-refractivity contribution in [1.82, 2.24) is 0 Å². The van der Waals surface area contributed by atoms with Gasteiger partial charge in [-0.05, 0) is 40.1 Å². The van der Waals surface area contributed by atoms with Crippen LogP contribution in [0.3, 0.4) is 0 Å². The van der Waals surface area contributed by atoms with Gasteiger partial charge in [0.25, 0.3) is 0 Å². The van der Waals surface area contributed by atoms with Crippen molar-refractivity contribution in [1.29, 1.82) is 0 Å². The van der Waals surface area contributed by atoms with E-state index in [1.165, 1.54) is 20.9 Å². The van der Waals surface area contributed by atoms with Gasteiger partial charge in [-0.3, -0.25) is 0 Å². The van der Waals surface area contributed by atoms with Crippen LogP contribution in [0, 0.1) is 0 Å². The summed E-state index contributed by atoms with van der Waals surface area (Å²) in [7, 11) is 1.72. The topological polar surface area (TPSA) is 9.23 Å². The van der Waals surface area contributed by atoms with Crippen LogP contribution < -0.4 is 4.74 Å². The molecule has 0 aliphatic heterocycles. The maximum Gasteiger partial charge on any atom is 0.137 e. The van der Waals surface area contributed by atoms with Crippen molar-refractivity contribution in [2.24, 2.45) is 0 Å². The lowest BCUT2D eigenvalue weighted by Gasteiger charge is -2.04. The molecule has 0 aliphatic rings. The lowest BCUT2D eigenvalue weighted by molar-refractivity contribution is 0.418. The van der Waals surface area contributed by atoms with E-state index in [1.54, 1.807) is 29.8 Å². The second kappa shape index (κ2) is 4.96. The van der Waals surface area contributed by atoms with E-state index in [0.29, 0.717) is 0 Å². The van der Waals surface area contributed by atoms with Crippen LogP contribution in [0.1, 0.15) is 0 Å². The highest BCUT2D eigenvalue weighted by Crippen LogP contribution is 2.37. The third-order valence-electron chi connectivity index (χ3n) is 2.78. The van der Waals surface area contributed by atoms with Crippen molar-refractivity contribution in [3.63, 3.8) is 0 Å². The SMILES string of the molecule is COc1ccsc1-c1cccc(-c2cccs2)c1. The van der Waals surface area contributed by atoms with Gasteiger partial charge >= 0.3 is 0 Å². The number of hydrogen-bond donors (Lipinski definition) is 0. The Bertz CT molecular complexity index is 638. The third-order valence-corrected chi connectivity index (χ3v) is 4.64. The molecule has 2 aromatic heterocycles. The molecular weight excluding hydrogens is 260 g/mol. The zero-order valence-electron chi connectivity index (χ0n) is 9.92. The Morgan fingerprint density at radius 1 is 0.889 bits per heavy atom. The average Bonchev–Trinajstić information content (AvgIpc) is 3.10. The fourth-order valence-electron chi connectivity index (χ4n) is 1.93. The molecule has 3 rings (SSSR count). The Balaban J connectivity index is 2.06. The third kappa shape index (κ3) is 2.07. The van der Waals surface area contributed by atoms with E-state index in [1.807, 2.05) is 6.07 Å². The first-order chi connectivity index (χ1) is 8.88. The smallest absolute Gasteiger partial charge is 0.137 e. The first-order valence-corrected chi connectivity index (χ1v) is 7.40. The van der Waals surface area contributed by atoms with E-state index in [2.05, 4.69) is 47.2 Å². The highest BCUT2D eigenvalue weighted by molar-refractivity contribution is 7.14. The van der Waals surface area contributed by atoms with Crippen molar-refractivity contribution in [2.45, 2.75) is 0 Å². The summed E-state index contributed by atoms with van der Waals surface area (Å²) in [6.45, 7) is 0. The second-order valence-corrected chi connectivity index (χ2v) is 5.74. The van der Waals surface area contributed by atoms with E-state index in [-0.39, 0.29) is 0 Å². The molecule has 90 valence electrons. The van der Waals surface area contributed by atoms with Gasteiger partial charge in [-0.25, -0.2) is 0 Å². The number of rotatable bonds is 3. The maximum atomic E-state index is 5.38. The van der Waals surface area contributed by atoms with Gasteiger partial charge in [0.15, 0.2) is 0 Å². The Morgan fingerprint density at radius 2 is 1.78 bits per heavy atom. The van der Waals surface area contributed by atoms with Crippen molar-refractivity contribution in [3.05, 3.63) is 53.2 Å². The van der Waals surface area contributed by atoms with Gasteiger partial charge in [0.05, 0.1) is 12.0 Å². The van der Waals surface area contributed by atoms with Gasteiger partial charge in [-0.15, -0.1) is 22.7 Å². The van der Waals surface area contributed by atoms with E-state index in [9.17, 15) is 0 Å². The molecule has 0 N–H and O–H groups in total. The van der Waals surface area contributed by atoms with E-state index >= 15 is 0 Å². The fourth-order valence-corrected chi connectivity index (χ4v) is 3.51. The first-order valence-electron chi connectivity index (χ1n) is 5.64. The Labute approximate surface area is 114 Å². The lowest BCUT2D eigenvalue weighted by Crippen LogP contribution is -1.82. The van der Waals surface area contributed by atoms with Gasteiger partial charge in [0.2, 0.25) is 0 Å². The molecular formula is C15H12OS2. The zero-order valence-corrected chi connectivity index (χ0v) is 11.6. The van der Waals surface area contributed by atoms with E-state index < -0.39 is 0 Å². The molecule has 0 atom stereocenters. The summed E-state index contributed by atoms with van der Waals surface area (Å²) < 4.78 is 5.38. The Kier molecular flexibility index (Phi) is 3.17. The van der Waals surface area contributed by atoms with E-state index in [0.717, 1.165) is 5.75 Å². The minimum Gasteiger partial charge on any atom is -0.495 e. The number of methoxy groups -OCH3 is 1. The molecule has 0 amide bonds. The van der Waals surface area contributed by atoms with Gasteiger partial charge in [0, 0.05) is 4.88 Å². The van der Waals surface area contributed by atoms with Crippen LogP contribution in [0.4, 0.5) is 0 Å². The monoisotopic (exact) mass is 272 g/mol. The molecule has 0 bridgehead atoms. The molecule has 3 heteroatoms. The Morgan fingerprint density at radius 3 is 2.56 bits per heavy atom. The largest absolute Gasteiger partial charge is 0.495 e. The van der Waals surface area contributed by atoms with Gasteiger partial charge in [-0.2, -0.15) is 0 Å². The molecule has 0 saturated carbocycles. The predicted molar refractivity (Wildman–Crippen MR) is 79.6 cm³/mol. The van der Waals surface area contributed by atoms with Crippen molar-refractivity contribution in [3.8, 4) is 26.6 Å². The molecule has 0 unspecified atom stereocenters. The highest BCUT2D eigenvalue weighted by Gasteiger charge is 2.08. The summed E-state index contributed by atoms with van der Waals surface area (Å²) in [5.41, 5.74) is 2.48. The number of hydrogen-bond acceptors (Lipinski definition) is 3. The molecule has 1 nitrogen and oxygen atoms in total. The molecule has 0 spiro atoms. The molecule has 3 aromatic rings. The summed E-state index contributed by atoms with van der Waals surface area (Å²) in [5, 5.41) is 4.17. The lowest BCUT2D eigenvalue weighted by atomic mass is 10.1. The van der Waals surface area contributed by atoms with Crippen LogP contribution >= 0.6 is 22.7 Å². The van der Waals surface area contributed by atoms with Crippen LogP contribution in [0.2, 0.25) is 0 Å². The molecule has 2 heterocycles. The number of benzene rings is 1. The number of ether oxygens (including phenoxy) is 1. The minimum atomic E-state index is 0.948. The van der Waals surface area contributed by atoms with Crippen LogP contribution in [-0.2, 0) is 0 Å². The minimum absolute atomic E-state index is 0.948. The van der Waals surface area contributed by atoms with Crippen LogP contribution in [0.25, 0.3) is 20.9 Å². The predicted octanol–water partition coefficient (Wildman–Crippen LogP) is 5.15. The molecule has 0 saturated heterocycles. The summed E-state index contributed by atoms with van der Waals surface area (Å²) in [6, 6.07) is 14.8. The number of thiophene rings is 2. The van der Waals surface area contributed by atoms with Gasteiger partial charge < -0.3 is 4.74 Å². The second-order valence-electron chi connectivity index (χ2n) is 3.88. The summed E-state index contributed by atoms with van der Waals surface area (Å²) in [6.07, 6.45) is 0. The zero-order chi connectivity index (χ0) is 12.4. The van der Waals surface area contributed by atoms with Crippen LogP contribution in [-0.4, -0.2) is 7.11 Å². The first kappa shape index (κ1) is 11.5. The molecule has 0 fully saturated rings. The van der Waals surface area contributed by atoms with Crippen molar-refractivity contribution in [2.75, 3.05) is 7.11 Å². The fraction of sp³-hybridized carbons (Fsp3) is 0.0667. The Hall–Kier alpha value is -1.58. The quantitative estimate of drug-likeness (QED) is 0.640. The standard InChI is InChI=1S/C15H12OS2/c1-16-13-7-9-18-15(13)12-5-2-4-11(10-12)14-6-3-8-17-14/h2-10H,1H3. The van der Waals surface area contributed by atoms with Crippen molar-refractivity contribution < 1.29 is 4.74 Å². The molecule has 0 radical (unpaired) electrons. The summed E-state index contributed by atoms with van der Waals surface area (Å²) >= 11 is 3.48. The summed E-state index contributed by atoms with van der Waals surface area (Å²) in [5.74, 6) is 0.948. The molecule has 18 heavy (non-hydrogen) atoms. The molecule has 0 aliphatic carbocycles. The normalized spacial score (nSPS) is 10.5. The van der Waals surface area contributed by atoms with E-state index in [4.69, 9.17) is 4.74 Å². The van der Waals surface area contributed by atoms with Gasteiger partial charge in [0.1, 0.15) is 5.75 Å². The van der Waals surface area contributed by atoms with Crippen LogP contribution in [0.15, 0.2) is 53.2 Å². The molecule has 1 aromatic carbocycles. The van der Waals surface area contributed by atoms with Crippen LogP contribution in [0.5, 0.6) is 5.75 Å². The van der Waals surface area contributed by atoms with Gasteiger partial charge in [-0.1, -0.05) is 24.3 Å². The maximum absolute atomic E-state index is 5.38.